The molecule has 1 atom stereocenters. The van der Waals surface area contributed by atoms with Gasteiger partial charge in [-0.15, -0.1) is 0 Å². The summed E-state index contributed by atoms with van der Waals surface area (Å²) >= 11 is 0. The number of methoxy groups -OCH3 is 1. The minimum absolute atomic E-state index is 0.454. The van der Waals surface area contributed by atoms with Crippen LogP contribution in [-0.4, -0.2) is 7.11 Å². The van der Waals surface area contributed by atoms with Crippen molar-refractivity contribution >= 4 is 0 Å². The Bertz CT molecular complexity index is 650. The first kappa shape index (κ1) is 14.2. The molecule has 2 N–H and O–H groups in total. The van der Waals surface area contributed by atoms with Gasteiger partial charge in [-0.25, -0.2) is 0 Å². The van der Waals surface area contributed by atoms with Crippen molar-refractivity contribution in [3.8, 4) is 5.75 Å². The fourth-order valence-corrected chi connectivity index (χ4v) is 3.48. The highest BCUT2D eigenvalue weighted by molar-refractivity contribution is 5.50. The van der Waals surface area contributed by atoms with Crippen LogP contribution in [0.25, 0.3) is 0 Å². The first-order chi connectivity index (χ1) is 10.1. The molecule has 0 aromatic heterocycles. The standard InChI is InChI=1S/C19H23NO/c1-14-10-11-18(21-2)17(13-14)19(20)12-6-5-8-15-7-3-4-9-16(15)19/h3-4,7,9-11,13H,5-6,8,12,20H2,1-2H3. The quantitative estimate of drug-likeness (QED) is 0.846. The number of ether oxygens (including phenoxy) is 1. The van der Waals surface area contributed by atoms with Crippen LogP contribution in [0, 0.1) is 6.92 Å². The number of hydrogen-bond donors (Lipinski definition) is 1. The summed E-state index contributed by atoms with van der Waals surface area (Å²) in [6.45, 7) is 2.11. The topological polar surface area (TPSA) is 35.2 Å². The molecule has 0 radical (unpaired) electrons. The first-order valence-electron chi connectivity index (χ1n) is 7.67. The minimum atomic E-state index is -0.454. The summed E-state index contributed by atoms with van der Waals surface area (Å²) < 4.78 is 5.59. The maximum Gasteiger partial charge on any atom is 0.124 e. The summed E-state index contributed by atoms with van der Waals surface area (Å²) in [5, 5.41) is 0. The molecule has 1 aliphatic rings. The fourth-order valence-electron chi connectivity index (χ4n) is 3.48. The number of rotatable bonds is 2. The van der Waals surface area contributed by atoms with Crippen LogP contribution < -0.4 is 10.5 Å². The van der Waals surface area contributed by atoms with Gasteiger partial charge in [-0.05, 0) is 43.4 Å². The maximum atomic E-state index is 6.96. The van der Waals surface area contributed by atoms with Gasteiger partial charge >= 0.3 is 0 Å². The molecule has 0 aliphatic heterocycles. The molecule has 0 bridgehead atoms. The summed E-state index contributed by atoms with van der Waals surface area (Å²) in [5.41, 5.74) is 11.5. The molecule has 2 aromatic carbocycles. The van der Waals surface area contributed by atoms with E-state index in [1.165, 1.54) is 23.1 Å². The highest BCUT2D eigenvalue weighted by Gasteiger charge is 2.35. The van der Waals surface area contributed by atoms with E-state index in [0.717, 1.165) is 30.6 Å². The zero-order chi connectivity index (χ0) is 14.9. The van der Waals surface area contributed by atoms with E-state index < -0.39 is 5.54 Å². The van der Waals surface area contributed by atoms with Gasteiger partial charge in [0.15, 0.2) is 0 Å². The number of benzene rings is 2. The Kier molecular flexibility index (Phi) is 3.73. The van der Waals surface area contributed by atoms with E-state index in [2.05, 4.69) is 43.3 Å². The van der Waals surface area contributed by atoms with Crippen molar-refractivity contribution in [3.63, 3.8) is 0 Å². The van der Waals surface area contributed by atoms with Crippen molar-refractivity contribution in [1.29, 1.82) is 0 Å². The summed E-state index contributed by atoms with van der Waals surface area (Å²) in [4.78, 5) is 0. The predicted molar refractivity (Wildman–Crippen MR) is 86.7 cm³/mol. The van der Waals surface area contributed by atoms with Gasteiger partial charge < -0.3 is 10.5 Å². The lowest BCUT2D eigenvalue weighted by molar-refractivity contribution is 0.386. The Hall–Kier alpha value is -1.80. The van der Waals surface area contributed by atoms with Crippen LogP contribution in [0.3, 0.4) is 0 Å². The van der Waals surface area contributed by atoms with Crippen LogP contribution >= 0.6 is 0 Å². The molecule has 0 saturated heterocycles. The average molecular weight is 281 g/mol. The van der Waals surface area contributed by atoms with Gasteiger partial charge in [0.05, 0.1) is 12.6 Å². The highest BCUT2D eigenvalue weighted by Crippen LogP contribution is 2.41. The lowest BCUT2D eigenvalue weighted by atomic mass is 9.78. The van der Waals surface area contributed by atoms with Gasteiger partial charge in [-0.1, -0.05) is 48.4 Å². The number of hydrogen-bond acceptors (Lipinski definition) is 2. The van der Waals surface area contributed by atoms with Gasteiger partial charge in [0, 0.05) is 5.56 Å². The second kappa shape index (κ2) is 5.53. The normalized spacial score (nSPS) is 21.5. The van der Waals surface area contributed by atoms with Crippen molar-refractivity contribution < 1.29 is 4.74 Å². The zero-order valence-corrected chi connectivity index (χ0v) is 12.9. The van der Waals surface area contributed by atoms with Gasteiger partial charge in [0.25, 0.3) is 0 Å². The number of nitrogens with two attached hydrogens (primary N) is 1. The van der Waals surface area contributed by atoms with E-state index in [0.29, 0.717) is 0 Å². The van der Waals surface area contributed by atoms with Gasteiger partial charge in [-0.2, -0.15) is 0 Å². The lowest BCUT2D eigenvalue weighted by Gasteiger charge is -2.32. The summed E-state index contributed by atoms with van der Waals surface area (Å²) in [6, 6.07) is 14.9. The van der Waals surface area contributed by atoms with E-state index in [-0.39, 0.29) is 0 Å². The van der Waals surface area contributed by atoms with Crippen molar-refractivity contribution in [2.24, 2.45) is 5.73 Å². The van der Waals surface area contributed by atoms with Crippen LogP contribution in [0.5, 0.6) is 5.75 Å². The molecule has 1 aliphatic carbocycles. The molecule has 2 heteroatoms. The van der Waals surface area contributed by atoms with Gasteiger partial charge in [0.1, 0.15) is 5.75 Å². The molecule has 110 valence electrons. The molecule has 0 fully saturated rings. The first-order valence-corrected chi connectivity index (χ1v) is 7.67. The average Bonchev–Trinajstić information content (AvgIpc) is 2.68. The molecular formula is C19H23NO. The molecule has 2 aromatic rings. The molecule has 0 spiro atoms. The van der Waals surface area contributed by atoms with Crippen molar-refractivity contribution in [3.05, 3.63) is 64.7 Å². The van der Waals surface area contributed by atoms with Crippen LogP contribution in [0.15, 0.2) is 42.5 Å². The Balaban J connectivity index is 2.22. The van der Waals surface area contributed by atoms with E-state index >= 15 is 0 Å². The molecule has 0 heterocycles. The van der Waals surface area contributed by atoms with Crippen molar-refractivity contribution in [1.82, 2.24) is 0 Å². The van der Waals surface area contributed by atoms with E-state index in [4.69, 9.17) is 10.5 Å². The Morgan fingerprint density at radius 1 is 1.05 bits per heavy atom. The molecular weight excluding hydrogens is 258 g/mol. The smallest absolute Gasteiger partial charge is 0.124 e. The van der Waals surface area contributed by atoms with E-state index in [1.807, 2.05) is 6.07 Å². The SMILES string of the molecule is COc1ccc(C)cc1C1(N)CCCCc2ccccc21. The van der Waals surface area contributed by atoms with Crippen LogP contribution in [0.1, 0.15) is 41.5 Å². The van der Waals surface area contributed by atoms with Crippen LogP contribution in [0.2, 0.25) is 0 Å². The minimum Gasteiger partial charge on any atom is -0.496 e. The Morgan fingerprint density at radius 3 is 2.67 bits per heavy atom. The number of fused-ring (bicyclic) bond motifs is 1. The summed E-state index contributed by atoms with van der Waals surface area (Å²) in [7, 11) is 1.72. The lowest BCUT2D eigenvalue weighted by Crippen LogP contribution is -2.38. The summed E-state index contributed by atoms with van der Waals surface area (Å²) in [5.74, 6) is 0.889. The van der Waals surface area contributed by atoms with E-state index in [1.54, 1.807) is 7.11 Å². The molecule has 0 amide bonds. The van der Waals surface area contributed by atoms with Gasteiger partial charge in [-0.3, -0.25) is 0 Å². The number of aryl methyl sites for hydroxylation is 2. The second-order valence-electron chi connectivity index (χ2n) is 6.04. The van der Waals surface area contributed by atoms with Crippen LogP contribution in [-0.2, 0) is 12.0 Å². The largest absolute Gasteiger partial charge is 0.496 e. The molecule has 2 nitrogen and oxygen atoms in total. The third kappa shape index (κ3) is 2.44. The third-order valence-corrected chi connectivity index (χ3v) is 4.60. The van der Waals surface area contributed by atoms with Crippen molar-refractivity contribution in [2.75, 3.05) is 7.11 Å². The maximum absolute atomic E-state index is 6.96. The predicted octanol–water partition coefficient (Wildman–Crippen LogP) is 3.93. The fraction of sp³-hybridized carbons (Fsp3) is 0.368. The molecule has 21 heavy (non-hydrogen) atoms. The third-order valence-electron chi connectivity index (χ3n) is 4.60. The Morgan fingerprint density at radius 2 is 1.86 bits per heavy atom. The van der Waals surface area contributed by atoms with Crippen LogP contribution in [0.4, 0.5) is 0 Å². The molecule has 3 rings (SSSR count). The van der Waals surface area contributed by atoms with E-state index in [9.17, 15) is 0 Å². The monoisotopic (exact) mass is 281 g/mol. The molecule has 1 unspecified atom stereocenters. The second-order valence-corrected chi connectivity index (χ2v) is 6.04. The van der Waals surface area contributed by atoms with Crippen molar-refractivity contribution in [2.45, 2.75) is 38.1 Å². The molecule has 0 saturated carbocycles. The zero-order valence-electron chi connectivity index (χ0n) is 12.9. The summed E-state index contributed by atoms with van der Waals surface area (Å²) in [6.07, 6.45) is 4.42. The Labute approximate surface area is 126 Å². The van der Waals surface area contributed by atoms with Gasteiger partial charge in [0.2, 0.25) is 0 Å². The highest BCUT2D eigenvalue weighted by atomic mass is 16.5.